The molecule has 0 radical (unpaired) electrons. The average molecular weight is 374 g/mol. The number of benzene rings is 1. The van der Waals surface area contributed by atoms with Crippen LogP contribution < -0.4 is 0 Å². The molecular formula is C20H27N3O2S. The second-order valence-corrected chi connectivity index (χ2v) is 7.57. The van der Waals surface area contributed by atoms with Crippen LogP contribution in [0.5, 0.6) is 0 Å². The molecule has 0 N–H and O–H groups in total. The van der Waals surface area contributed by atoms with Crippen LogP contribution in [0.3, 0.4) is 0 Å². The van der Waals surface area contributed by atoms with Gasteiger partial charge in [-0.2, -0.15) is 0 Å². The van der Waals surface area contributed by atoms with Gasteiger partial charge in [0.25, 0.3) is 5.91 Å². The molecule has 1 aliphatic rings. The summed E-state index contributed by atoms with van der Waals surface area (Å²) in [6.45, 7) is 8.60. The van der Waals surface area contributed by atoms with E-state index in [1.165, 1.54) is 5.01 Å². The van der Waals surface area contributed by atoms with Gasteiger partial charge in [0.15, 0.2) is 0 Å². The highest BCUT2D eigenvalue weighted by molar-refractivity contribution is 7.09. The number of hydrogen-bond acceptors (Lipinski definition) is 5. The van der Waals surface area contributed by atoms with Gasteiger partial charge in [-0.15, -0.1) is 11.3 Å². The van der Waals surface area contributed by atoms with Gasteiger partial charge >= 0.3 is 0 Å². The van der Waals surface area contributed by atoms with E-state index in [4.69, 9.17) is 4.74 Å². The molecule has 3 rings (SSSR count). The van der Waals surface area contributed by atoms with E-state index in [0.29, 0.717) is 6.61 Å². The van der Waals surface area contributed by atoms with E-state index in [0.717, 1.165) is 50.4 Å². The summed E-state index contributed by atoms with van der Waals surface area (Å²) in [6.07, 6.45) is 0.584. The fourth-order valence-corrected chi connectivity index (χ4v) is 3.80. The summed E-state index contributed by atoms with van der Waals surface area (Å²) in [5.74, 6) is 0.0857. The molecule has 1 unspecified atom stereocenters. The van der Waals surface area contributed by atoms with Crippen molar-refractivity contribution in [1.82, 2.24) is 14.8 Å². The predicted molar refractivity (Wildman–Crippen MR) is 104 cm³/mol. The summed E-state index contributed by atoms with van der Waals surface area (Å²) >= 11 is 1.73. The molecule has 1 fully saturated rings. The lowest BCUT2D eigenvalue weighted by molar-refractivity contribution is -0.145. The fourth-order valence-electron chi connectivity index (χ4n) is 3.06. The van der Waals surface area contributed by atoms with E-state index in [-0.39, 0.29) is 5.91 Å². The Hall–Kier alpha value is -1.76. The second kappa shape index (κ2) is 9.26. The van der Waals surface area contributed by atoms with E-state index < -0.39 is 6.10 Å². The largest absolute Gasteiger partial charge is 0.364 e. The van der Waals surface area contributed by atoms with Crippen molar-refractivity contribution in [3.8, 4) is 0 Å². The highest BCUT2D eigenvalue weighted by atomic mass is 32.1. The fraction of sp³-hybridized carbons (Fsp3) is 0.500. The number of carbonyl (C=O) groups is 1. The summed E-state index contributed by atoms with van der Waals surface area (Å²) in [7, 11) is 0. The molecule has 0 spiro atoms. The third kappa shape index (κ3) is 5.13. The minimum Gasteiger partial charge on any atom is -0.364 e. The lowest BCUT2D eigenvalue weighted by Crippen LogP contribution is -2.51. The number of hydrogen-bond donors (Lipinski definition) is 0. The lowest BCUT2D eigenvalue weighted by atomic mass is 10.2. The first-order valence-corrected chi connectivity index (χ1v) is 10.1. The maximum absolute atomic E-state index is 12.6. The molecule has 1 amide bonds. The zero-order valence-electron chi connectivity index (χ0n) is 15.6. The Balaban J connectivity index is 1.42. The van der Waals surface area contributed by atoms with Gasteiger partial charge in [-0.25, -0.2) is 4.98 Å². The van der Waals surface area contributed by atoms with Crippen LogP contribution in [0.25, 0.3) is 0 Å². The summed E-state index contributed by atoms with van der Waals surface area (Å²) in [6, 6.07) is 9.97. The molecule has 2 aromatic rings. The van der Waals surface area contributed by atoms with Crippen LogP contribution in [0, 0.1) is 0 Å². The van der Waals surface area contributed by atoms with Crippen molar-refractivity contribution in [2.75, 3.05) is 26.2 Å². The number of nitrogens with zero attached hydrogens (tertiary/aromatic N) is 3. The van der Waals surface area contributed by atoms with Gasteiger partial charge in [0.05, 0.1) is 17.3 Å². The number of ether oxygens (including phenoxy) is 1. The molecule has 5 nitrogen and oxygen atoms in total. The van der Waals surface area contributed by atoms with Crippen molar-refractivity contribution < 1.29 is 9.53 Å². The SMILES string of the molecule is CCc1nc(CN2CCN(C(=O)C(C)OCc3ccccc3)CC2)cs1. The third-order valence-corrected chi connectivity index (χ3v) is 5.70. The normalized spacial score (nSPS) is 16.6. The van der Waals surface area contributed by atoms with E-state index in [2.05, 4.69) is 22.2 Å². The molecule has 1 aliphatic heterocycles. The Kier molecular flexibility index (Phi) is 6.77. The van der Waals surface area contributed by atoms with Crippen molar-refractivity contribution in [1.29, 1.82) is 0 Å². The first-order valence-electron chi connectivity index (χ1n) is 9.25. The molecule has 6 heteroatoms. The number of thiazole rings is 1. The smallest absolute Gasteiger partial charge is 0.251 e. The van der Waals surface area contributed by atoms with E-state index in [1.54, 1.807) is 11.3 Å². The number of piperazine rings is 1. The summed E-state index contributed by atoms with van der Waals surface area (Å²) < 4.78 is 5.77. The summed E-state index contributed by atoms with van der Waals surface area (Å²) in [5, 5.41) is 3.34. The molecule has 2 heterocycles. The number of carbonyl (C=O) groups excluding carboxylic acids is 1. The Morgan fingerprint density at radius 1 is 1.23 bits per heavy atom. The molecular weight excluding hydrogens is 346 g/mol. The van der Waals surface area contributed by atoms with Gasteiger partial charge in [0.1, 0.15) is 6.10 Å². The van der Waals surface area contributed by atoms with Gasteiger partial charge < -0.3 is 9.64 Å². The maximum atomic E-state index is 12.6. The minimum atomic E-state index is -0.410. The number of aryl methyl sites for hydroxylation is 1. The Bertz CT molecular complexity index is 696. The standard InChI is InChI=1S/C20H27N3O2S/c1-3-19-21-18(15-26-19)13-22-9-11-23(12-10-22)20(24)16(2)25-14-17-7-5-4-6-8-17/h4-8,15-16H,3,9-14H2,1-2H3. The molecule has 1 aromatic heterocycles. The Morgan fingerprint density at radius 3 is 2.62 bits per heavy atom. The molecule has 1 aromatic carbocycles. The second-order valence-electron chi connectivity index (χ2n) is 6.63. The highest BCUT2D eigenvalue weighted by Gasteiger charge is 2.25. The van der Waals surface area contributed by atoms with Gasteiger partial charge in [0, 0.05) is 38.1 Å². The topological polar surface area (TPSA) is 45.7 Å². The number of rotatable bonds is 7. The van der Waals surface area contributed by atoms with Crippen molar-refractivity contribution in [2.24, 2.45) is 0 Å². The summed E-state index contributed by atoms with van der Waals surface area (Å²) in [5.41, 5.74) is 2.23. The minimum absolute atomic E-state index is 0.0857. The van der Waals surface area contributed by atoms with Crippen molar-refractivity contribution >= 4 is 17.2 Å². The molecule has 0 saturated carbocycles. The van der Waals surface area contributed by atoms with Crippen LogP contribution in [0.4, 0.5) is 0 Å². The van der Waals surface area contributed by atoms with Crippen LogP contribution in [0.2, 0.25) is 0 Å². The zero-order chi connectivity index (χ0) is 18.4. The molecule has 0 bridgehead atoms. The maximum Gasteiger partial charge on any atom is 0.251 e. The highest BCUT2D eigenvalue weighted by Crippen LogP contribution is 2.14. The monoisotopic (exact) mass is 373 g/mol. The van der Waals surface area contributed by atoms with E-state index >= 15 is 0 Å². The zero-order valence-corrected chi connectivity index (χ0v) is 16.4. The third-order valence-electron chi connectivity index (χ3n) is 4.66. The molecule has 1 atom stereocenters. The first kappa shape index (κ1) is 19.0. The summed E-state index contributed by atoms with van der Waals surface area (Å²) in [4.78, 5) is 21.5. The Morgan fingerprint density at radius 2 is 1.96 bits per heavy atom. The number of aromatic nitrogens is 1. The average Bonchev–Trinajstić information content (AvgIpc) is 3.14. The van der Waals surface area contributed by atoms with Crippen LogP contribution in [-0.2, 0) is 29.1 Å². The van der Waals surface area contributed by atoms with Crippen molar-refractivity contribution in [2.45, 2.75) is 39.5 Å². The predicted octanol–water partition coefficient (Wildman–Crippen LogP) is 2.96. The van der Waals surface area contributed by atoms with Crippen LogP contribution >= 0.6 is 11.3 Å². The van der Waals surface area contributed by atoms with Crippen LogP contribution in [0.15, 0.2) is 35.7 Å². The Labute approximate surface area is 159 Å². The quantitative estimate of drug-likeness (QED) is 0.749. The lowest BCUT2D eigenvalue weighted by Gasteiger charge is -2.35. The van der Waals surface area contributed by atoms with Gasteiger partial charge in [-0.3, -0.25) is 9.69 Å². The van der Waals surface area contributed by atoms with Crippen molar-refractivity contribution in [3.63, 3.8) is 0 Å². The van der Waals surface area contributed by atoms with E-state index in [9.17, 15) is 4.79 Å². The van der Waals surface area contributed by atoms with Gasteiger partial charge in [0.2, 0.25) is 0 Å². The van der Waals surface area contributed by atoms with E-state index in [1.807, 2.05) is 42.2 Å². The molecule has 26 heavy (non-hydrogen) atoms. The van der Waals surface area contributed by atoms with Gasteiger partial charge in [-0.1, -0.05) is 37.3 Å². The van der Waals surface area contributed by atoms with Gasteiger partial charge in [-0.05, 0) is 18.9 Å². The first-order chi connectivity index (χ1) is 12.7. The molecule has 0 aliphatic carbocycles. The molecule has 140 valence electrons. The van der Waals surface area contributed by atoms with Crippen LogP contribution in [0.1, 0.15) is 30.1 Å². The number of amides is 1. The van der Waals surface area contributed by atoms with Crippen LogP contribution in [-0.4, -0.2) is 53.0 Å². The van der Waals surface area contributed by atoms with Crippen molar-refractivity contribution in [3.05, 3.63) is 52.0 Å². The molecule has 1 saturated heterocycles.